The molecule has 1 aliphatic heterocycles. The number of rotatable bonds is 4. The van der Waals surface area contributed by atoms with E-state index in [-0.39, 0.29) is 19.4 Å². The molecule has 0 spiro atoms. The molecule has 2 heterocycles. The van der Waals surface area contributed by atoms with E-state index in [0.717, 1.165) is 5.69 Å². The summed E-state index contributed by atoms with van der Waals surface area (Å²) in [6, 6.07) is 14.3. The van der Waals surface area contributed by atoms with Gasteiger partial charge in [-0.1, -0.05) is 18.2 Å². The first kappa shape index (κ1) is 14.9. The summed E-state index contributed by atoms with van der Waals surface area (Å²) in [6.45, 7) is 0.366. The Bertz CT molecular complexity index is 896. The van der Waals surface area contributed by atoms with Crippen LogP contribution in [0.2, 0.25) is 0 Å². The zero-order chi connectivity index (χ0) is 17.1. The summed E-state index contributed by atoms with van der Waals surface area (Å²) >= 11 is 0. The number of para-hydroxylation sites is 1. The van der Waals surface area contributed by atoms with Crippen molar-refractivity contribution in [1.82, 2.24) is 25.5 Å². The molecule has 126 valence electrons. The van der Waals surface area contributed by atoms with Crippen molar-refractivity contribution in [2.24, 2.45) is 0 Å². The topological polar surface area (TPSA) is 103 Å². The third-order valence-corrected chi connectivity index (χ3v) is 3.57. The van der Waals surface area contributed by atoms with Crippen molar-refractivity contribution in [2.45, 2.75) is 6.54 Å². The smallest absolute Gasteiger partial charge is 0.319 e. The van der Waals surface area contributed by atoms with Gasteiger partial charge in [0.25, 0.3) is 0 Å². The maximum atomic E-state index is 12.1. The molecular formula is C16H14N6O3. The van der Waals surface area contributed by atoms with Crippen molar-refractivity contribution in [3.8, 4) is 17.2 Å². The van der Waals surface area contributed by atoms with E-state index < -0.39 is 0 Å². The van der Waals surface area contributed by atoms with E-state index in [2.05, 4.69) is 26.2 Å². The molecule has 0 atom stereocenters. The van der Waals surface area contributed by atoms with Gasteiger partial charge in [0.1, 0.15) is 0 Å². The number of amides is 2. The highest BCUT2D eigenvalue weighted by molar-refractivity contribution is 5.89. The standard InChI is InChI=1S/C16H14N6O3/c23-16(18-11-6-7-13-14(8-11)25-10-24-13)17-9-15-19-20-21-22(15)12-4-2-1-3-5-12/h1-8H,9-10H2,(H2,17,18,23). The highest BCUT2D eigenvalue weighted by atomic mass is 16.7. The van der Waals surface area contributed by atoms with E-state index >= 15 is 0 Å². The average molecular weight is 338 g/mol. The molecule has 0 unspecified atom stereocenters. The first-order chi connectivity index (χ1) is 12.3. The van der Waals surface area contributed by atoms with Gasteiger partial charge < -0.3 is 20.1 Å². The molecule has 3 aromatic rings. The maximum absolute atomic E-state index is 12.1. The summed E-state index contributed by atoms with van der Waals surface area (Å²) in [5.41, 5.74) is 1.42. The quantitative estimate of drug-likeness (QED) is 0.751. The van der Waals surface area contributed by atoms with E-state index in [9.17, 15) is 4.79 Å². The second kappa shape index (κ2) is 6.48. The van der Waals surface area contributed by atoms with Crippen LogP contribution in [0.1, 0.15) is 5.82 Å². The Morgan fingerprint density at radius 2 is 1.96 bits per heavy atom. The predicted molar refractivity (Wildman–Crippen MR) is 87.6 cm³/mol. The van der Waals surface area contributed by atoms with Crippen LogP contribution in [-0.4, -0.2) is 33.0 Å². The van der Waals surface area contributed by atoms with E-state index in [1.165, 1.54) is 0 Å². The van der Waals surface area contributed by atoms with E-state index in [1.54, 1.807) is 22.9 Å². The lowest BCUT2D eigenvalue weighted by Crippen LogP contribution is -2.29. The molecule has 4 rings (SSSR count). The summed E-state index contributed by atoms with van der Waals surface area (Å²) in [4.78, 5) is 12.1. The molecule has 0 saturated heterocycles. The van der Waals surface area contributed by atoms with Crippen molar-refractivity contribution in [3.63, 3.8) is 0 Å². The van der Waals surface area contributed by atoms with Crippen LogP contribution in [0.25, 0.3) is 5.69 Å². The molecule has 0 saturated carbocycles. The summed E-state index contributed by atoms with van der Waals surface area (Å²) in [5.74, 6) is 1.78. The number of hydrogen-bond donors (Lipinski definition) is 2. The minimum atomic E-state index is -0.374. The van der Waals surface area contributed by atoms with Crippen LogP contribution in [0.3, 0.4) is 0 Å². The monoisotopic (exact) mass is 338 g/mol. The molecule has 0 radical (unpaired) electrons. The van der Waals surface area contributed by atoms with Crippen molar-refractivity contribution < 1.29 is 14.3 Å². The fourth-order valence-corrected chi connectivity index (χ4v) is 2.39. The van der Waals surface area contributed by atoms with Gasteiger partial charge in [-0.2, -0.15) is 4.68 Å². The molecule has 9 nitrogen and oxygen atoms in total. The Hall–Kier alpha value is -3.62. The molecule has 0 fully saturated rings. The van der Waals surface area contributed by atoms with Crippen molar-refractivity contribution >= 4 is 11.7 Å². The minimum Gasteiger partial charge on any atom is -0.454 e. The Morgan fingerprint density at radius 3 is 2.84 bits per heavy atom. The van der Waals surface area contributed by atoms with Crippen molar-refractivity contribution in [1.29, 1.82) is 0 Å². The largest absolute Gasteiger partial charge is 0.454 e. The molecular weight excluding hydrogens is 324 g/mol. The Labute approximate surface area is 142 Å². The van der Waals surface area contributed by atoms with Crippen LogP contribution in [0.4, 0.5) is 10.5 Å². The summed E-state index contributed by atoms with van der Waals surface area (Å²) in [6.07, 6.45) is 0. The maximum Gasteiger partial charge on any atom is 0.319 e. The number of nitrogens with zero attached hydrogens (tertiary/aromatic N) is 4. The van der Waals surface area contributed by atoms with E-state index in [1.807, 2.05) is 30.3 Å². The first-order valence-corrected chi connectivity index (χ1v) is 7.57. The number of aromatic nitrogens is 4. The molecule has 2 amide bonds. The Kier molecular flexibility index (Phi) is 3.87. The summed E-state index contributed by atoms with van der Waals surface area (Å²) < 4.78 is 12.1. The molecule has 0 aliphatic carbocycles. The van der Waals surface area contributed by atoms with Crippen molar-refractivity contribution in [3.05, 3.63) is 54.4 Å². The van der Waals surface area contributed by atoms with Gasteiger partial charge in [0.15, 0.2) is 17.3 Å². The summed E-state index contributed by atoms with van der Waals surface area (Å²) in [7, 11) is 0. The minimum absolute atomic E-state index is 0.179. The third kappa shape index (κ3) is 3.20. The van der Waals surface area contributed by atoms with E-state index in [4.69, 9.17) is 9.47 Å². The predicted octanol–water partition coefficient (Wildman–Crippen LogP) is 1.71. The van der Waals surface area contributed by atoms with Gasteiger partial charge in [-0.3, -0.25) is 0 Å². The fraction of sp³-hybridized carbons (Fsp3) is 0.125. The van der Waals surface area contributed by atoms with Crippen LogP contribution in [-0.2, 0) is 6.54 Å². The van der Waals surface area contributed by atoms with Crippen LogP contribution in [0.5, 0.6) is 11.5 Å². The van der Waals surface area contributed by atoms with E-state index in [0.29, 0.717) is 23.0 Å². The number of benzene rings is 2. The second-order valence-corrected chi connectivity index (χ2v) is 5.22. The number of fused-ring (bicyclic) bond motifs is 1. The molecule has 0 bridgehead atoms. The molecule has 1 aromatic heterocycles. The molecule has 25 heavy (non-hydrogen) atoms. The van der Waals surface area contributed by atoms with Gasteiger partial charge in [-0.25, -0.2) is 4.79 Å². The number of hydrogen-bond acceptors (Lipinski definition) is 6. The lowest BCUT2D eigenvalue weighted by molar-refractivity contribution is 0.174. The van der Waals surface area contributed by atoms with Crippen LogP contribution < -0.4 is 20.1 Å². The third-order valence-electron chi connectivity index (χ3n) is 3.57. The number of anilines is 1. The van der Waals surface area contributed by atoms with Gasteiger partial charge in [0.05, 0.1) is 12.2 Å². The van der Waals surface area contributed by atoms with Crippen LogP contribution in [0, 0.1) is 0 Å². The highest BCUT2D eigenvalue weighted by Crippen LogP contribution is 2.34. The highest BCUT2D eigenvalue weighted by Gasteiger charge is 2.14. The van der Waals surface area contributed by atoms with Gasteiger partial charge in [0.2, 0.25) is 6.79 Å². The lowest BCUT2D eigenvalue weighted by atomic mass is 10.3. The average Bonchev–Trinajstić information content (AvgIpc) is 3.29. The Morgan fingerprint density at radius 1 is 1.12 bits per heavy atom. The van der Waals surface area contributed by atoms with Gasteiger partial charge in [0, 0.05) is 11.8 Å². The normalized spacial score (nSPS) is 12.0. The molecule has 2 aromatic carbocycles. The first-order valence-electron chi connectivity index (χ1n) is 7.57. The number of carbonyl (C=O) groups excluding carboxylic acids is 1. The zero-order valence-corrected chi connectivity index (χ0v) is 13.0. The zero-order valence-electron chi connectivity index (χ0n) is 13.0. The molecule has 2 N–H and O–H groups in total. The van der Waals surface area contributed by atoms with Crippen LogP contribution in [0.15, 0.2) is 48.5 Å². The van der Waals surface area contributed by atoms with Crippen LogP contribution >= 0.6 is 0 Å². The number of urea groups is 1. The van der Waals surface area contributed by atoms with Crippen molar-refractivity contribution in [2.75, 3.05) is 12.1 Å². The number of tetrazole rings is 1. The fourth-order valence-electron chi connectivity index (χ4n) is 2.39. The lowest BCUT2D eigenvalue weighted by Gasteiger charge is -2.08. The Balaban J connectivity index is 1.39. The van der Waals surface area contributed by atoms with Gasteiger partial charge >= 0.3 is 6.03 Å². The van der Waals surface area contributed by atoms with Gasteiger partial charge in [-0.15, -0.1) is 5.10 Å². The van der Waals surface area contributed by atoms with Gasteiger partial charge in [-0.05, 0) is 34.7 Å². The number of nitrogens with one attached hydrogen (secondary N) is 2. The molecule has 1 aliphatic rings. The number of carbonyl (C=O) groups is 1. The second-order valence-electron chi connectivity index (χ2n) is 5.22. The number of ether oxygens (including phenoxy) is 2. The SMILES string of the molecule is O=C(NCc1nnnn1-c1ccccc1)Nc1ccc2c(c1)OCO2. The summed E-state index contributed by atoms with van der Waals surface area (Å²) in [5, 5.41) is 17.0. The molecule has 9 heteroatoms.